The van der Waals surface area contributed by atoms with Crippen molar-refractivity contribution in [3.8, 4) is 17.0 Å². The van der Waals surface area contributed by atoms with E-state index in [1.807, 2.05) is 36.4 Å². The molecule has 5 N–H and O–H groups in total. The fraction of sp³-hybridized carbons (Fsp3) is 0.208. The zero-order chi connectivity index (χ0) is 23.0. The number of methoxy groups -OCH3 is 1. The summed E-state index contributed by atoms with van der Waals surface area (Å²) in [6, 6.07) is 11.6. The van der Waals surface area contributed by atoms with Crippen LogP contribution in [-0.2, 0) is 4.74 Å². The van der Waals surface area contributed by atoms with Crippen LogP contribution in [0.3, 0.4) is 0 Å². The van der Waals surface area contributed by atoms with Crippen molar-refractivity contribution >= 4 is 23.2 Å². The third-order valence-corrected chi connectivity index (χ3v) is 5.15. The number of rotatable bonds is 7. The van der Waals surface area contributed by atoms with Crippen molar-refractivity contribution in [3.05, 3.63) is 72.7 Å². The van der Waals surface area contributed by atoms with Gasteiger partial charge in [0.15, 0.2) is 11.6 Å². The van der Waals surface area contributed by atoms with E-state index in [0.717, 1.165) is 16.8 Å². The van der Waals surface area contributed by atoms with Gasteiger partial charge < -0.3 is 31.2 Å². The van der Waals surface area contributed by atoms with E-state index in [0.29, 0.717) is 55.2 Å². The summed E-state index contributed by atoms with van der Waals surface area (Å²) in [7, 11) is 1.61. The van der Waals surface area contributed by atoms with Crippen LogP contribution in [0.1, 0.15) is 5.56 Å². The maximum absolute atomic E-state index is 6.23. The number of pyridine rings is 1. The smallest absolute Gasteiger partial charge is 0.228 e. The molecule has 1 aliphatic heterocycles. The molecule has 0 bridgehead atoms. The monoisotopic (exact) mass is 445 g/mol. The van der Waals surface area contributed by atoms with Crippen molar-refractivity contribution < 1.29 is 9.47 Å². The second-order valence-corrected chi connectivity index (χ2v) is 7.30. The van der Waals surface area contributed by atoms with Crippen LogP contribution in [0.4, 0.5) is 17.5 Å². The SMILES string of the molecule is COc1c(Nc2ccncc2)nc(N2CCOCC2)nc1-c1cccc(/C(N)=C/C=C\N)c1. The van der Waals surface area contributed by atoms with Gasteiger partial charge in [-0.2, -0.15) is 4.98 Å². The quantitative estimate of drug-likeness (QED) is 0.471. The molecule has 2 aromatic heterocycles. The molecule has 33 heavy (non-hydrogen) atoms. The number of allylic oxidation sites excluding steroid dienone is 2. The van der Waals surface area contributed by atoms with Crippen LogP contribution >= 0.6 is 0 Å². The normalized spacial score (nSPS) is 14.5. The number of anilines is 3. The molecule has 0 aliphatic carbocycles. The molecule has 3 aromatic rings. The maximum atomic E-state index is 6.23. The van der Waals surface area contributed by atoms with Gasteiger partial charge in [-0.25, -0.2) is 4.98 Å². The van der Waals surface area contributed by atoms with Crippen molar-refractivity contribution in [2.24, 2.45) is 11.5 Å². The van der Waals surface area contributed by atoms with Crippen LogP contribution in [0.5, 0.6) is 5.75 Å². The van der Waals surface area contributed by atoms with Crippen LogP contribution in [-0.4, -0.2) is 48.4 Å². The fourth-order valence-corrected chi connectivity index (χ4v) is 3.49. The second-order valence-electron chi connectivity index (χ2n) is 7.30. The summed E-state index contributed by atoms with van der Waals surface area (Å²) in [6.07, 6.45) is 8.32. The minimum Gasteiger partial charge on any atom is -0.491 e. The maximum Gasteiger partial charge on any atom is 0.228 e. The minimum atomic E-state index is 0.533. The predicted molar refractivity (Wildman–Crippen MR) is 130 cm³/mol. The highest BCUT2D eigenvalue weighted by Crippen LogP contribution is 2.37. The number of nitrogens with two attached hydrogens (primary N) is 2. The van der Waals surface area contributed by atoms with Gasteiger partial charge in [0.25, 0.3) is 0 Å². The molecule has 1 aromatic carbocycles. The van der Waals surface area contributed by atoms with Gasteiger partial charge in [-0.05, 0) is 42.1 Å². The molecule has 1 aliphatic rings. The van der Waals surface area contributed by atoms with E-state index >= 15 is 0 Å². The molecule has 1 saturated heterocycles. The molecule has 0 saturated carbocycles. The Morgan fingerprint density at radius 2 is 1.94 bits per heavy atom. The Morgan fingerprint density at radius 1 is 1.15 bits per heavy atom. The number of ether oxygens (including phenoxy) is 2. The first kappa shape index (κ1) is 22.1. The van der Waals surface area contributed by atoms with Gasteiger partial charge in [-0.3, -0.25) is 4.98 Å². The standard InChI is InChI=1S/C24H27N7O2/c1-32-22-21(18-5-2-4-17(16-18)20(26)6-3-9-25)29-24(31-12-14-33-15-13-31)30-23(22)28-19-7-10-27-11-8-19/h2-11,16H,12-15,25-26H2,1H3,(H,27,28,29,30)/b9-3-,20-6-. The molecule has 0 unspecified atom stereocenters. The van der Waals surface area contributed by atoms with Gasteiger partial charge in [0.05, 0.1) is 20.3 Å². The lowest BCUT2D eigenvalue weighted by molar-refractivity contribution is 0.122. The largest absolute Gasteiger partial charge is 0.491 e. The first-order valence-electron chi connectivity index (χ1n) is 10.6. The van der Waals surface area contributed by atoms with Crippen molar-refractivity contribution in [2.45, 2.75) is 0 Å². The van der Waals surface area contributed by atoms with Crippen molar-refractivity contribution in [3.63, 3.8) is 0 Å². The summed E-state index contributed by atoms with van der Waals surface area (Å²) in [5.74, 6) is 1.70. The van der Waals surface area contributed by atoms with E-state index in [9.17, 15) is 0 Å². The first-order chi connectivity index (χ1) is 16.2. The average molecular weight is 446 g/mol. The molecule has 0 spiro atoms. The third kappa shape index (κ3) is 5.21. The molecule has 0 amide bonds. The topological polar surface area (TPSA) is 124 Å². The van der Waals surface area contributed by atoms with E-state index < -0.39 is 0 Å². The summed E-state index contributed by atoms with van der Waals surface area (Å²) in [5.41, 5.74) is 15.5. The molecule has 0 atom stereocenters. The minimum absolute atomic E-state index is 0.533. The van der Waals surface area contributed by atoms with Crippen molar-refractivity contribution in [2.75, 3.05) is 43.6 Å². The Kier molecular flexibility index (Phi) is 7.01. The van der Waals surface area contributed by atoms with E-state index in [1.165, 1.54) is 6.20 Å². The zero-order valence-electron chi connectivity index (χ0n) is 18.4. The Hall–Kier alpha value is -4.11. The average Bonchev–Trinajstić information content (AvgIpc) is 2.88. The highest BCUT2D eigenvalue weighted by atomic mass is 16.5. The lowest BCUT2D eigenvalue weighted by Gasteiger charge is -2.28. The van der Waals surface area contributed by atoms with Gasteiger partial charge in [0, 0.05) is 42.4 Å². The first-order valence-corrected chi connectivity index (χ1v) is 10.6. The molecular formula is C24H27N7O2. The zero-order valence-corrected chi connectivity index (χ0v) is 18.4. The molecule has 170 valence electrons. The Bertz CT molecular complexity index is 1140. The number of hydrogen-bond acceptors (Lipinski definition) is 9. The predicted octanol–water partition coefficient (Wildman–Crippen LogP) is 2.90. The summed E-state index contributed by atoms with van der Waals surface area (Å²) in [4.78, 5) is 15.9. The van der Waals surface area contributed by atoms with Gasteiger partial charge in [-0.1, -0.05) is 18.2 Å². The highest BCUT2D eigenvalue weighted by Gasteiger charge is 2.22. The number of nitrogens with one attached hydrogen (secondary N) is 1. The number of benzene rings is 1. The summed E-state index contributed by atoms with van der Waals surface area (Å²) in [6.45, 7) is 2.68. The van der Waals surface area contributed by atoms with E-state index in [-0.39, 0.29) is 0 Å². The third-order valence-electron chi connectivity index (χ3n) is 5.15. The molecule has 0 radical (unpaired) electrons. The summed E-state index contributed by atoms with van der Waals surface area (Å²) < 4.78 is 11.3. The van der Waals surface area contributed by atoms with Crippen LogP contribution in [0.2, 0.25) is 0 Å². The van der Waals surface area contributed by atoms with Gasteiger partial charge in [-0.15, -0.1) is 0 Å². The Labute approximate surface area is 192 Å². The Morgan fingerprint density at radius 3 is 2.67 bits per heavy atom. The van der Waals surface area contributed by atoms with E-state index in [1.54, 1.807) is 31.7 Å². The van der Waals surface area contributed by atoms with Crippen molar-refractivity contribution in [1.82, 2.24) is 15.0 Å². The molecular weight excluding hydrogens is 418 g/mol. The number of aromatic nitrogens is 3. The highest BCUT2D eigenvalue weighted by molar-refractivity contribution is 5.79. The molecule has 3 heterocycles. The number of morpholine rings is 1. The lowest BCUT2D eigenvalue weighted by Crippen LogP contribution is -2.37. The van der Waals surface area contributed by atoms with Crippen LogP contribution in [0, 0.1) is 0 Å². The number of nitrogens with zero attached hydrogens (tertiary/aromatic N) is 4. The fourth-order valence-electron chi connectivity index (χ4n) is 3.49. The van der Waals surface area contributed by atoms with Gasteiger partial charge in [0.2, 0.25) is 5.95 Å². The van der Waals surface area contributed by atoms with Crippen LogP contribution in [0.25, 0.3) is 17.0 Å². The number of hydrogen-bond donors (Lipinski definition) is 3. The van der Waals surface area contributed by atoms with Crippen LogP contribution in [0.15, 0.2) is 67.1 Å². The van der Waals surface area contributed by atoms with Gasteiger partial charge in [0.1, 0.15) is 5.69 Å². The summed E-state index contributed by atoms with van der Waals surface area (Å²) >= 11 is 0. The van der Waals surface area contributed by atoms with Crippen molar-refractivity contribution in [1.29, 1.82) is 0 Å². The molecule has 1 fully saturated rings. The van der Waals surface area contributed by atoms with E-state index in [2.05, 4.69) is 15.2 Å². The second kappa shape index (κ2) is 10.5. The van der Waals surface area contributed by atoms with Gasteiger partial charge >= 0.3 is 0 Å². The van der Waals surface area contributed by atoms with Crippen LogP contribution < -0.4 is 26.4 Å². The summed E-state index contributed by atoms with van der Waals surface area (Å²) in [5, 5.41) is 3.35. The molecule has 4 rings (SSSR count). The Balaban J connectivity index is 1.83. The van der Waals surface area contributed by atoms with E-state index in [4.69, 9.17) is 30.9 Å². The molecule has 9 heteroatoms. The lowest BCUT2D eigenvalue weighted by atomic mass is 10.0. The molecule has 9 nitrogen and oxygen atoms in total.